The van der Waals surface area contributed by atoms with Crippen molar-refractivity contribution in [2.45, 2.75) is 13.8 Å². The zero-order chi connectivity index (χ0) is 36.2. The number of ether oxygens (including phenoxy) is 5. The molecule has 0 saturated carbocycles. The Bertz CT molecular complexity index is 1990. The van der Waals surface area contributed by atoms with Crippen LogP contribution in [0.3, 0.4) is 0 Å². The standard InChI is InChI=1S/C23H18O6.C18H14O4/c1-15(24)23(26)17-3-5-19(6-4-17)28-21-11-13-22(14-12-21)29-20-9-7-18(8-10-20)27-16(2)25;19-13-1-5-15(6-2-13)21-17-9-11-18(12-10-17)22-16-7-3-14(20)4-8-16/h3-14H,1-2H3;1-12,19-20H. The Hall–Kier alpha value is -7.07. The third kappa shape index (κ3) is 11.0. The maximum Gasteiger partial charge on any atom is 0.308 e. The van der Waals surface area contributed by atoms with Gasteiger partial charge in [-0.25, -0.2) is 0 Å². The molecule has 6 aromatic rings. The van der Waals surface area contributed by atoms with Crippen LogP contribution < -0.4 is 23.7 Å². The number of hydrogen-bond donors (Lipinski definition) is 2. The molecule has 0 heterocycles. The molecule has 256 valence electrons. The van der Waals surface area contributed by atoms with Crippen molar-refractivity contribution in [2.75, 3.05) is 0 Å². The Labute approximate surface area is 293 Å². The summed E-state index contributed by atoms with van der Waals surface area (Å²) in [6.45, 7) is 2.58. The van der Waals surface area contributed by atoms with E-state index in [1.807, 2.05) is 0 Å². The van der Waals surface area contributed by atoms with Gasteiger partial charge in [0.05, 0.1) is 0 Å². The molecule has 0 bridgehead atoms. The molecule has 51 heavy (non-hydrogen) atoms. The molecule has 0 unspecified atom stereocenters. The van der Waals surface area contributed by atoms with Crippen LogP contribution >= 0.6 is 0 Å². The fourth-order valence-electron chi connectivity index (χ4n) is 4.34. The summed E-state index contributed by atoms with van der Waals surface area (Å²) < 4.78 is 27.8. The van der Waals surface area contributed by atoms with Crippen molar-refractivity contribution in [3.8, 4) is 63.2 Å². The average Bonchev–Trinajstić information content (AvgIpc) is 3.13. The van der Waals surface area contributed by atoms with Crippen LogP contribution in [0.4, 0.5) is 0 Å². The van der Waals surface area contributed by atoms with E-state index in [1.165, 1.54) is 13.8 Å². The molecule has 0 amide bonds. The number of ketones is 2. The summed E-state index contributed by atoms with van der Waals surface area (Å²) in [5, 5.41) is 18.5. The monoisotopic (exact) mass is 684 g/mol. The predicted molar refractivity (Wildman–Crippen MR) is 189 cm³/mol. The number of rotatable bonds is 11. The van der Waals surface area contributed by atoms with E-state index in [9.17, 15) is 24.6 Å². The van der Waals surface area contributed by atoms with E-state index >= 15 is 0 Å². The van der Waals surface area contributed by atoms with Gasteiger partial charge in [-0.2, -0.15) is 0 Å². The van der Waals surface area contributed by atoms with Gasteiger partial charge in [-0.1, -0.05) is 0 Å². The Balaban J connectivity index is 0.000000205. The second-order valence-electron chi connectivity index (χ2n) is 10.8. The molecule has 0 saturated heterocycles. The van der Waals surface area contributed by atoms with Gasteiger partial charge in [0.15, 0.2) is 5.78 Å². The van der Waals surface area contributed by atoms with Gasteiger partial charge in [0.1, 0.15) is 63.2 Å². The van der Waals surface area contributed by atoms with E-state index in [0.717, 1.165) is 0 Å². The summed E-state index contributed by atoms with van der Waals surface area (Å²) in [4.78, 5) is 33.7. The third-order valence-corrected chi connectivity index (χ3v) is 6.79. The summed E-state index contributed by atoms with van der Waals surface area (Å²) in [6, 6.07) is 40.3. The first-order chi connectivity index (χ1) is 24.6. The minimum Gasteiger partial charge on any atom is -0.508 e. The number of carbonyl (C=O) groups is 3. The normalized spacial score (nSPS) is 10.2. The number of phenols is 2. The van der Waals surface area contributed by atoms with E-state index < -0.39 is 11.6 Å². The maximum absolute atomic E-state index is 11.6. The van der Waals surface area contributed by atoms with Gasteiger partial charge < -0.3 is 33.9 Å². The highest BCUT2D eigenvalue weighted by Gasteiger charge is 2.11. The lowest BCUT2D eigenvalue weighted by Gasteiger charge is -2.09. The first-order valence-electron chi connectivity index (χ1n) is 15.5. The lowest BCUT2D eigenvalue weighted by atomic mass is 10.1. The lowest BCUT2D eigenvalue weighted by molar-refractivity contribution is -0.131. The van der Waals surface area contributed by atoms with E-state index in [-0.39, 0.29) is 17.5 Å². The molecule has 0 aromatic heterocycles. The van der Waals surface area contributed by atoms with Crippen LogP contribution in [0.5, 0.6) is 63.2 Å². The molecule has 0 spiro atoms. The molecule has 0 aliphatic rings. The van der Waals surface area contributed by atoms with E-state index in [2.05, 4.69) is 0 Å². The average molecular weight is 685 g/mol. The first-order valence-corrected chi connectivity index (χ1v) is 15.5. The Morgan fingerprint density at radius 2 is 0.608 bits per heavy atom. The van der Waals surface area contributed by atoms with Crippen LogP contribution in [0, 0.1) is 0 Å². The molecule has 0 atom stereocenters. The van der Waals surface area contributed by atoms with Crippen molar-refractivity contribution in [1.29, 1.82) is 0 Å². The quantitative estimate of drug-likeness (QED) is 0.0587. The topological polar surface area (TPSA) is 138 Å². The highest BCUT2D eigenvalue weighted by atomic mass is 16.5. The van der Waals surface area contributed by atoms with Crippen molar-refractivity contribution in [3.63, 3.8) is 0 Å². The van der Waals surface area contributed by atoms with Gasteiger partial charge in [-0.05, 0) is 146 Å². The molecule has 10 nitrogen and oxygen atoms in total. The second kappa shape index (κ2) is 16.8. The van der Waals surface area contributed by atoms with Crippen LogP contribution in [0.15, 0.2) is 146 Å². The zero-order valence-corrected chi connectivity index (χ0v) is 27.5. The minimum atomic E-state index is -0.529. The number of benzene rings is 6. The summed E-state index contributed by atoms with van der Waals surface area (Å²) in [7, 11) is 0. The van der Waals surface area contributed by atoms with Gasteiger partial charge in [-0.3, -0.25) is 14.4 Å². The Morgan fingerprint density at radius 3 is 0.863 bits per heavy atom. The summed E-state index contributed by atoms with van der Waals surface area (Å²) >= 11 is 0. The largest absolute Gasteiger partial charge is 0.508 e. The number of hydrogen-bond acceptors (Lipinski definition) is 10. The minimum absolute atomic E-state index is 0.199. The molecular weight excluding hydrogens is 652 g/mol. The number of phenolic OH excluding ortho intramolecular Hbond substituents is 2. The molecule has 6 aromatic carbocycles. The molecule has 6 rings (SSSR count). The van der Waals surface area contributed by atoms with Crippen molar-refractivity contribution >= 4 is 17.5 Å². The van der Waals surface area contributed by atoms with Gasteiger partial charge in [0.2, 0.25) is 5.78 Å². The van der Waals surface area contributed by atoms with Crippen molar-refractivity contribution in [1.82, 2.24) is 0 Å². The molecule has 0 aliphatic heterocycles. The van der Waals surface area contributed by atoms with Gasteiger partial charge in [-0.15, -0.1) is 0 Å². The van der Waals surface area contributed by atoms with Crippen molar-refractivity contribution in [2.24, 2.45) is 0 Å². The Kier molecular flexibility index (Phi) is 11.6. The van der Waals surface area contributed by atoms with E-state index in [1.54, 1.807) is 146 Å². The smallest absolute Gasteiger partial charge is 0.308 e. The van der Waals surface area contributed by atoms with Crippen LogP contribution in [0.25, 0.3) is 0 Å². The van der Waals surface area contributed by atoms with Crippen LogP contribution in [-0.2, 0) is 9.59 Å². The second-order valence-corrected chi connectivity index (χ2v) is 10.8. The number of aromatic hydroxyl groups is 2. The summed E-state index contributed by atoms with van der Waals surface area (Å²) in [6.07, 6.45) is 0. The van der Waals surface area contributed by atoms with Crippen molar-refractivity contribution in [3.05, 3.63) is 151 Å². The van der Waals surface area contributed by atoms with Gasteiger partial charge in [0.25, 0.3) is 0 Å². The number of carbonyl (C=O) groups excluding carboxylic acids is 3. The van der Waals surface area contributed by atoms with Crippen LogP contribution in [0.2, 0.25) is 0 Å². The summed E-state index contributed by atoms with van der Waals surface area (Å²) in [5.41, 5.74) is 0.327. The van der Waals surface area contributed by atoms with Crippen LogP contribution in [0.1, 0.15) is 24.2 Å². The highest BCUT2D eigenvalue weighted by Crippen LogP contribution is 2.30. The predicted octanol–water partition coefficient (Wildman–Crippen LogP) is 9.65. The van der Waals surface area contributed by atoms with E-state index in [4.69, 9.17) is 23.7 Å². The number of Topliss-reactive ketones (excluding diaryl/α,β-unsaturated/α-hetero) is 2. The molecule has 10 heteroatoms. The molecule has 0 fully saturated rings. The van der Waals surface area contributed by atoms with E-state index in [0.29, 0.717) is 57.3 Å². The first kappa shape index (κ1) is 35.2. The zero-order valence-electron chi connectivity index (χ0n) is 27.5. The fourth-order valence-corrected chi connectivity index (χ4v) is 4.34. The molecule has 2 N–H and O–H groups in total. The molecule has 0 aliphatic carbocycles. The molecule has 0 radical (unpaired) electrons. The lowest BCUT2D eigenvalue weighted by Crippen LogP contribution is -2.09. The van der Waals surface area contributed by atoms with Crippen molar-refractivity contribution < 1.29 is 48.3 Å². The fraction of sp³-hybridized carbons (Fsp3) is 0.0488. The SMILES string of the molecule is CC(=O)Oc1ccc(Oc2ccc(Oc3ccc(C(=O)C(C)=O)cc3)cc2)cc1.Oc1ccc(Oc2ccc(Oc3ccc(O)cc3)cc2)cc1. The summed E-state index contributed by atoms with van der Waals surface area (Å²) in [5.74, 6) is 4.40. The third-order valence-electron chi connectivity index (χ3n) is 6.79. The highest BCUT2D eigenvalue weighted by molar-refractivity contribution is 6.42. The Morgan fingerprint density at radius 1 is 0.373 bits per heavy atom. The van der Waals surface area contributed by atoms with Gasteiger partial charge in [0, 0.05) is 19.4 Å². The maximum atomic E-state index is 11.6. The molecular formula is C41H32O10. The van der Waals surface area contributed by atoms with Gasteiger partial charge >= 0.3 is 5.97 Å². The van der Waals surface area contributed by atoms with Crippen LogP contribution in [-0.4, -0.2) is 27.7 Å². The number of esters is 1.